The number of nitrogens with one attached hydrogen (secondary N) is 2. The van der Waals surface area contributed by atoms with Crippen LogP contribution in [0.2, 0.25) is 0 Å². The van der Waals surface area contributed by atoms with Gasteiger partial charge in [-0.05, 0) is 90.1 Å². The van der Waals surface area contributed by atoms with E-state index < -0.39 is 0 Å². The second kappa shape index (κ2) is 11.1. The molecule has 3 heteroatoms. The zero-order chi connectivity index (χ0) is 28.7. The SMILES string of the molecule is Cc1ccccc1NC1CCCc2cccc(-c3cc4c(Nc5c(C(C)C)cccc5C(C)C)cccc4n3C)c21. The van der Waals surface area contributed by atoms with Crippen molar-refractivity contribution in [3.63, 3.8) is 0 Å². The minimum Gasteiger partial charge on any atom is -0.378 e. The average Bonchev–Trinajstić information content (AvgIpc) is 3.31. The summed E-state index contributed by atoms with van der Waals surface area (Å²) in [6, 6.07) is 31.7. The summed E-state index contributed by atoms with van der Waals surface area (Å²) in [6.07, 6.45) is 3.48. The lowest BCUT2D eigenvalue weighted by molar-refractivity contribution is 0.601. The van der Waals surface area contributed by atoms with Crippen LogP contribution in [0.4, 0.5) is 17.1 Å². The monoisotopic (exact) mass is 541 g/mol. The van der Waals surface area contributed by atoms with Crippen LogP contribution in [-0.2, 0) is 13.5 Å². The molecule has 1 aromatic heterocycles. The van der Waals surface area contributed by atoms with E-state index in [-0.39, 0.29) is 6.04 Å². The first-order valence-electron chi connectivity index (χ1n) is 15.3. The summed E-state index contributed by atoms with van der Waals surface area (Å²) in [7, 11) is 2.22. The molecule has 0 aliphatic heterocycles. The third-order valence-corrected chi connectivity index (χ3v) is 8.95. The Bertz CT molecular complexity index is 1680. The van der Waals surface area contributed by atoms with Crippen molar-refractivity contribution < 1.29 is 0 Å². The highest BCUT2D eigenvalue weighted by Crippen LogP contribution is 2.43. The third-order valence-electron chi connectivity index (χ3n) is 8.95. The summed E-state index contributed by atoms with van der Waals surface area (Å²) in [5.41, 5.74) is 14.5. The van der Waals surface area contributed by atoms with E-state index in [2.05, 4.69) is 142 Å². The van der Waals surface area contributed by atoms with E-state index in [1.54, 1.807) is 0 Å². The van der Waals surface area contributed by atoms with Gasteiger partial charge in [0.25, 0.3) is 0 Å². The predicted molar refractivity (Wildman–Crippen MR) is 177 cm³/mol. The molecule has 4 aromatic carbocycles. The number of rotatable bonds is 7. The average molecular weight is 542 g/mol. The largest absolute Gasteiger partial charge is 0.378 e. The van der Waals surface area contributed by atoms with Gasteiger partial charge in [-0.15, -0.1) is 0 Å². The molecule has 0 spiro atoms. The number of hydrogen-bond acceptors (Lipinski definition) is 2. The first kappa shape index (κ1) is 27.2. The molecule has 210 valence electrons. The second-order valence-corrected chi connectivity index (χ2v) is 12.4. The van der Waals surface area contributed by atoms with Crippen LogP contribution in [-0.4, -0.2) is 4.57 Å². The Morgan fingerprint density at radius 1 is 0.780 bits per heavy atom. The van der Waals surface area contributed by atoms with Crippen molar-refractivity contribution in [2.45, 2.75) is 71.8 Å². The molecule has 1 atom stereocenters. The molecule has 1 aliphatic carbocycles. The molecule has 0 bridgehead atoms. The number of hydrogen-bond donors (Lipinski definition) is 2. The molecule has 5 aromatic rings. The fraction of sp³-hybridized carbons (Fsp3) is 0.316. The van der Waals surface area contributed by atoms with E-state index in [0.717, 1.165) is 12.8 Å². The predicted octanol–water partition coefficient (Wildman–Crippen LogP) is 10.6. The molecule has 1 aliphatic rings. The van der Waals surface area contributed by atoms with Crippen molar-refractivity contribution in [3.8, 4) is 11.3 Å². The zero-order valence-corrected chi connectivity index (χ0v) is 25.4. The number of para-hydroxylation sites is 2. The summed E-state index contributed by atoms with van der Waals surface area (Å²) >= 11 is 0. The summed E-state index contributed by atoms with van der Waals surface area (Å²) < 4.78 is 2.38. The van der Waals surface area contributed by atoms with Crippen molar-refractivity contribution in [2.75, 3.05) is 10.6 Å². The quantitative estimate of drug-likeness (QED) is 0.214. The molecule has 0 saturated carbocycles. The Balaban J connectivity index is 1.46. The maximum absolute atomic E-state index is 3.92. The van der Waals surface area contributed by atoms with Crippen molar-refractivity contribution >= 4 is 28.0 Å². The lowest BCUT2D eigenvalue weighted by Gasteiger charge is -2.30. The van der Waals surface area contributed by atoms with E-state index in [9.17, 15) is 0 Å². The highest BCUT2D eigenvalue weighted by Gasteiger charge is 2.26. The standard InChI is InChI=1S/C38H43N3/c1-24(2)28-16-11-17-29(25(3)4)38(28)40-33-20-12-22-35-31(33)23-36(41(35)6)30-18-9-14-27-15-10-21-34(37(27)30)39-32-19-8-7-13-26(32)5/h7-9,11-14,16-20,22-25,34,39-40H,10,15,21H2,1-6H3. The van der Waals surface area contributed by atoms with Gasteiger partial charge in [0.2, 0.25) is 0 Å². The van der Waals surface area contributed by atoms with Crippen molar-refractivity contribution in [1.29, 1.82) is 0 Å². The molecule has 0 saturated heterocycles. The van der Waals surface area contributed by atoms with Gasteiger partial charge < -0.3 is 15.2 Å². The minimum absolute atomic E-state index is 0.290. The van der Waals surface area contributed by atoms with Gasteiger partial charge in [-0.25, -0.2) is 0 Å². The molecule has 2 N–H and O–H groups in total. The van der Waals surface area contributed by atoms with Gasteiger partial charge in [-0.1, -0.05) is 88.4 Å². The van der Waals surface area contributed by atoms with Gasteiger partial charge in [0.05, 0.1) is 11.6 Å². The van der Waals surface area contributed by atoms with Gasteiger partial charge in [0.15, 0.2) is 0 Å². The highest BCUT2D eigenvalue weighted by atomic mass is 15.0. The molecule has 0 radical (unpaired) electrons. The molecular formula is C38H43N3. The fourth-order valence-electron chi connectivity index (χ4n) is 6.73. The topological polar surface area (TPSA) is 29.0 Å². The molecule has 3 nitrogen and oxygen atoms in total. The maximum atomic E-state index is 3.92. The fourth-order valence-corrected chi connectivity index (χ4v) is 6.73. The smallest absolute Gasteiger partial charge is 0.0523 e. The molecule has 41 heavy (non-hydrogen) atoms. The molecule has 1 heterocycles. The van der Waals surface area contributed by atoms with Gasteiger partial charge in [0, 0.05) is 40.8 Å². The first-order valence-corrected chi connectivity index (χ1v) is 15.3. The van der Waals surface area contributed by atoms with Crippen LogP contribution in [0.25, 0.3) is 22.2 Å². The summed E-state index contributed by atoms with van der Waals surface area (Å²) in [5, 5.41) is 9.11. The van der Waals surface area contributed by atoms with Crippen LogP contribution in [0, 0.1) is 6.92 Å². The zero-order valence-electron chi connectivity index (χ0n) is 25.4. The number of anilines is 3. The summed E-state index contributed by atoms with van der Waals surface area (Å²) in [4.78, 5) is 0. The number of aryl methyl sites for hydroxylation is 3. The van der Waals surface area contributed by atoms with Crippen LogP contribution in [0.3, 0.4) is 0 Å². The third kappa shape index (κ3) is 5.03. The van der Waals surface area contributed by atoms with Gasteiger partial charge in [-0.2, -0.15) is 0 Å². The lowest BCUT2D eigenvalue weighted by Crippen LogP contribution is -2.19. The normalized spacial score (nSPS) is 15.0. The molecule has 0 fully saturated rings. The molecule has 0 amide bonds. The molecule has 1 unspecified atom stereocenters. The Labute approximate surface area is 245 Å². The minimum atomic E-state index is 0.290. The summed E-state index contributed by atoms with van der Waals surface area (Å²) in [5.74, 6) is 0.880. The Kier molecular flexibility index (Phi) is 7.38. The first-order chi connectivity index (χ1) is 19.8. The van der Waals surface area contributed by atoms with E-state index in [4.69, 9.17) is 0 Å². The Hall–Kier alpha value is -3.98. The Morgan fingerprint density at radius 2 is 1.46 bits per heavy atom. The van der Waals surface area contributed by atoms with Crippen LogP contribution in [0.15, 0.2) is 84.9 Å². The van der Waals surface area contributed by atoms with Crippen LogP contribution in [0.1, 0.15) is 86.2 Å². The number of benzene rings is 4. The van der Waals surface area contributed by atoms with E-state index in [1.807, 2.05) is 0 Å². The number of fused-ring (bicyclic) bond motifs is 2. The van der Waals surface area contributed by atoms with Gasteiger partial charge in [0.1, 0.15) is 0 Å². The second-order valence-electron chi connectivity index (χ2n) is 12.4. The summed E-state index contributed by atoms with van der Waals surface area (Å²) in [6.45, 7) is 11.3. The van der Waals surface area contributed by atoms with Crippen LogP contribution < -0.4 is 10.6 Å². The van der Waals surface area contributed by atoms with Gasteiger partial charge >= 0.3 is 0 Å². The van der Waals surface area contributed by atoms with Crippen molar-refractivity contribution in [2.24, 2.45) is 7.05 Å². The highest BCUT2D eigenvalue weighted by molar-refractivity contribution is 5.98. The number of nitrogens with zero attached hydrogens (tertiary/aromatic N) is 1. The van der Waals surface area contributed by atoms with Crippen molar-refractivity contribution in [1.82, 2.24) is 4.57 Å². The van der Waals surface area contributed by atoms with Gasteiger partial charge in [-0.3, -0.25) is 0 Å². The van der Waals surface area contributed by atoms with E-state index in [0.29, 0.717) is 11.8 Å². The Morgan fingerprint density at radius 3 is 2.20 bits per heavy atom. The van der Waals surface area contributed by atoms with Crippen molar-refractivity contribution in [3.05, 3.63) is 113 Å². The van der Waals surface area contributed by atoms with Crippen LogP contribution >= 0.6 is 0 Å². The molecular weight excluding hydrogens is 498 g/mol. The van der Waals surface area contributed by atoms with E-state index in [1.165, 1.54) is 73.5 Å². The van der Waals surface area contributed by atoms with Crippen LogP contribution in [0.5, 0.6) is 0 Å². The lowest BCUT2D eigenvalue weighted by atomic mass is 9.83. The molecule has 6 rings (SSSR count). The van der Waals surface area contributed by atoms with E-state index >= 15 is 0 Å². The number of aromatic nitrogens is 1. The maximum Gasteiger partial charge on any atom is 0.0523 e.